The van der Waals surface area contributed by atoms with Crippen LogP contribution < -0.4 is 10.2 Å². The quantitative estimate of drug-likeness (QED) is 0.406. The molecule has 2 aliphatic rings. The Labute approximate surface area is 226 Å². The van der Waals surface area contributed by atoms with Crippen molar-refractivity contribution in [2.75, 3.05) is 32.1 Å². The van der Waals surface area contributed by atoms with Crippen molar-refractivity contribution in [1.29, 1.82) is 0 Å². The normalized spacial score (nSPS) is 19.2. The van der Waals surface area contributed by atoms with Gasteiger partial charge < -0.3 is 20.0 Å². The van der Waals surface area contributed by atoms with Gasteiger partial charge in [0.15, 0.2) is 5.78 Å². The number of nitro groups is 1. The topological polar surface area (TPSA) is 133 Å². The van der Waals surface area contributed by atoms with Gasteiger partial charge in [-0.1, -0.05) is 19.9 Å². The predicted molar refractivity (Wildman–Crippen MR) is 145 cm³/mol. The molecule has 2 heterocycles. The van der Waals surface area contributed by atoms with Gasteiger partial charge in [-0.3, -0.25) is 29.3 Å². The van der Waals surface area contributed by atoms with Crippen molar-refractivity contribution in [2.45, 2.75) is 44.8 Å². The molecular weight excluding hydrogens is 502 g/mol. The van der Waals surface area contributed by atoms with Gasteiger partial charge >= 0.3 is 0 Å². The summed E-state index contributed by atoms with van der Waals surface area (Å²) in [5.41, 5.74) is 1.27. The van der Waals surface area contributed by atoms with Gasteiger partial charge in [-0.15, -0.1) is 0 Å². The van der Waals surface area contributed by atoms with Gasteiger partial charge in [-0.2, -0.15) is 0 Å². The van der Waals surface area contributed by atoms with Crippen LogP contribution in [-0.2, 0) is 9.59 Å². The second-order valence-electron chi connectivity index (χ2n) is 10.6. The van der Waals surface area contributed by atoms with E-state index in [1.165, 1.54) is 34.1 Å². The summed E-state index contributed by atoms with van der Waals surface area (Å²) in [5.74, 6) is -1.39. The van der Waals surface area contributed by atoms with Crippen LogP contribution in [0.25, 0.3) is 0 Å². The fourth-order valence-electron chi connectivity index (χ4n) is 5.30. The molecule has 0 bridgehead atoms. The summed E-state index contributed by atoms with van der Waals surface area (Å²) in [6.45, 7) is 3.98. The molecule has 2 fully saturated rings. The first kappa shape index (κ1) is 27.7. The van der Waals surface area contributed by atoms with Crippen LogP contribution in [0.4, 0.5) is 11.4 Å². The molecule has 2 unspecified atom stereocenters. The maximum atomic E-state index is 13.7. The molecule has 39 heavy (non-hydrogen) atoms. The Morgan fingerprint density at radius 3 is 2.38 bits per heavy atom. The molecule has 1 N–H and O–H groups in total. The Balaban J connectivity index is 1.51. The van der Waals surface area contributed by atoms with Gasteiger partial charge in [0.1, 0.15) is 12.1 Å². The highest BCUT2D eigenvalue weighted by Gasteiger charge is 2.52. The molecule has 206 valence electrons. The van der Waals surface area contributed by atoms with Gasteiger partial charge in [0.05, 0.1) is 17.5 Å². The van der Waals surface area contributed by atoms with E-state index in [-0.39, 0.29) is 47.9 Å². The zero-order valence-electron chi connectivity index (χ0n) is 22.5. The highest BCUT2D eigenvalue weighted by atomic mass is 16.6. The van der Waals surface area contributed by atoms with Crippen molar-refractivity contribution >= 4 is 34.9 Å². The fraction of sp³-hybridized carbons (Fsp3) is 0.429. The Bertz CT molecular complexity index is 1290. The van der Waals surface area contributed by atoms with Gasteiger partial charge in [-0.25, -0.2) is 0 Å². The summed E-state index contributed by atoms with van der Waals surface area (Å²) >= 11 is 0. The number of carbonyl (C=O) groups is 4. The molecule has 2 aromatic carbocycles. The third kappa shape index (κ3) is 5.76. The van der Waals surface area contributed by atoms with Crippen molar-refractivity contribution in [2.24, 2.45) is 5.92 Å². The van der Waals surface area contributed by atoms with Crippen LogP contribution in [0, 0.1) is 16.0 Å². The molecular formula is C28H33N5O6. The molecule has 0 spiro atoms. The van der Waals surface area contributed by atoms with E-state index in [1.54, 1.807) is 12.1 Å². The number of anilines is 1. The number of benzene rings is 2. The zero-order chi connectivity index (χ0) is 28.4. The number of nitrogens with zero attached hydrogens (tertiary/aromatic N) is 4. The fourth-order valence-corrected chi connectivity index (χ4v) is 5.30. The number of hydrogen-bond donors (Lipinski definition) is 1. The lowest BCUT2D eigenvalue weighted by Gasteiger charge is -2.29. The molecule has 2 aliphatic heterocycles. The summed E-state index contributed by atoms with van der Waals surface area (Å²) in [6, 6.07) is 10.3. The number of Topliss-reactive ketones (excluding diaryl/α,β-unsaturated/α-hetero) is 1. The molecule has 0 radical (unpaired) electrons. The van der Waals surface area contributed by atoms with E-state index in [0.29, 0.717) is 18.4 Å². The molecule has 11 nitrogen and oxygen atoms in total. The predicted octanol–water partition coefficient (Wildman–Crippen LogP) is 2.50. The number of non-ortho nitro benzene ring substituents is 1. The Morgan fingerprint density at radius 1 is 1.08 bits per heavy atom. The van der Waals surface area contributed by atoms with E-state index in [9.17, 15) is 29.3 Å². The number of fused-ring (bicyclic) bond motifs is 1. The lowest BCUT2D eigenvalue weighted by molar-refractivity contribution is -0.384. The van der Waals surface area contributed by atoms with E-state index in [1.807, 2.05) is 45.0 Å². The lowest BCUT2D eigenvalue weighted by atomic mass is 10.0. The summed E-state index contributed by atoms with van der Waals surface area (Å²) < 4.78 is 0. The minimum absolute atomic E-state index is 0.0972. The van der Waals surface area contributed by atoms with Crippen LogP contribution >= 0.6 is 0 Å². The first-order chi connectivity index (χ1) is 18.5. The molecule has 11 heteroatoms. The molecule has 3 atom stereocenters. The molecule has 4 rings (SSSR count). The van der Waals surface area contributed by atoms with E-state index in [2.05, 4.69) is 5.32 Å². The van der Waals surface area contributed by atoms with E-state index in [0.717, 1.165) is 5.69 Å². The van der Waals surface area contributed by atoms with Crippen LogP contribution in [0.5, 0.6) is 0 Å². The summed E-state index contributed by atoms with van der Waals surface area (Å²) in [6.07, 6.45) is 0.788. The van der Waals surface area contributed by atoms with Crippen LogP contribution in [0.3, 0.4) is 0 Å². The molecule has 2 saturated heterocycles. The summed E-state index contributed by atoms with van der Waals surface area (Å²) in [4.78, 5) is 68.4. The van der Waals surface area contributed by atoms with Crippen LogP contribution in [-0.4, -0.2) is 83.5 Å². The molecule has 0 aromatic heterocycles. The Morgan fingerprint density at radius 2 is 1.77 bits per heavy atom. The number of rotatable bonds is 8. The molecule has 2 aromatic rings. The zero-order valence-corrected chi connectivity index (χ0v) is 22.5. The summed E-state index contributed by atoms with van der Waals surface area (Å²) in [5, 5.41) is 14.0. The number of amides is 3. The average Bonchev–Trinajstić information content (AvgIpc) is 3.48. The monoisotopic (exact) mass is 535 g/mol. The highest BCUT2D eigenvalue weighted by molar-refractivity contribution is 6.03. The molecule has 3 amide bonds. The van der Waals surface area contributed by atoms with E-state index in [4.69, 9.17) is 0 Å². The lowest BCUT2D eigenvalue weighted by Crippen LogP contribution is -2.53. The number of hydrogen-bond acceptors (Lipinski definition) is 7. The first-order valence-corrected chi connectivity index (χ1v) is 12.9. The van der Waals surface area contributed by atoms with Gasteiger partial charge in [0.2, 0.25) is 5.91 Å². The van der Waals surface area contributed by atoms with Crippen molar-refractivity contribution in [1.82, 2.24) is 15.1 Å². The van der Waals surface area contributed by atoms with E-state index < -0.39 is 29.0 Å². The molecule has 0 saturated carbocycles. The SMILES string of the molecule is CC(C)C[C@H](NC(=O)c1ccc(N(C)C)cc1)C(=O)N1CCC2C1C(=O)CN2C(=O)c1cccc([N+](=O)[O-])c1. The minimum Gasteiger partial charge on any atom is -0.378 e. The number of likely N-dealkylation sites (tertiary alicyclic amines) is 2. The number of nitro benzene ring substituents is 1. The standard InChI is InChI=1S/C28H33N5O6/c1-17(2)14-22(29-26(35)18-8-10-20(11-9-18)30(3)4)28(37)31-13-12-23-25(31)24(34)16-32(23)27(36)19-6-5-7-21(15-19)33(38)39/h5-11,15,17,22-23,25H,12-14,16H2,1-4H3,(H,29,35)/t22-,23?,25?/m0/s1. The largest absolute Gasteiger partial charge is 0.378 e. The number of nitrogens with one attached hydrogen (secondary N) is 1. The first-order valence-electron chi connectivity index (χ1n) is 12.9. The van der Waals surface area contributed by atoms with E-state index >= 15 is 0 Å². The second-order valence-corrected chi connectivity index (χ2v) is 10.6. The van der Waals surface area contributed by atoms with Crippen molar-refractivity contribution in [3.63, 3.8) is 0 Å². The second kappa shape index (κ2) is 11.2. The van der Waals surface area contributed by atoms with Crippen LogP contribution in [0.1, 0.15) is 47.4 Å². The van der Waals surface area contributed by atoms with Gasteiger partial charge in [-0.05, 0) is 49.1 Å². The van der Waals surface area contributed by atoms with Crippen molar-refractivity contribution in [3.8, 4) is 0 Å². The number of ketones is 1. The maximum Gasteiger partial charge on any atom is 0.270 e. The van der Waals surface area contributed by atoms with Gasteiger partial charge in [0.25, 0.3) is 17.5 Å². The van der Waals surface area contributed by atoms with Crippen molar-refractivity contribution < 1.29 is 24.1 Å². The highest BCUT2D eigenvalue weighted by Crippen LogP contribution is 2.32. The summed E-state index contributed by atoms with van der Waals surface area (Å²) in [7, 11) is 3.80. The van der Waals surface area contributed by atoms with Crippen LogP contribution in [0.2, 0.25) is 0 Å². The maximum absolute atomic E-state index is 13.7. The minimum atomic E-state index is -0.834. The average molecular weight is 536 g/mol. The van der Waals surface area contributed by atoms with Crippen molar-refractivity contribution in [3.05, 3.63) is 69.8 Å². The number of carbonyl (C=O) groups excluding carboxylic acids is 4. The molecule has 0 aliphatic carbocycles. The van der Waals surface area contributed by atoms with Crippen LogP contribution in [0.15, 0.2) is 48.5 Å². The third-order valence-corrected chi connectivity index (χ3v) is 7.23. The van der Waals surface area contributed by atoms with Gasteiger partial charge in [0, 0.05) is 49.6 Å². The third-order valence-electron chi connectivity index (χ3n) is 7.23. The Kier molecular flexibility index (Phi) is 7.98. The smallest absolute Gasteiger partial charge is 0.270 e. The Hall–Kier alpha value is -4.28.